The van der Waals surface area contributed by atoms with Crippen LogP contribution in [0.15, 0.2) is 48.6 Å². The third-order valence-electron chi connectivity index (χ3n) is 4.62. The second kappa shape index (κ2) is 13.2. The van der Waals surface area contributed by atoms with Crippen molar-refractivity contribution < 1.29 is 24.9 Å². The lowest BCUT2D eigenvalue weighted by Crippen LogP contribution is -2.19. The maximum atomic E-state index is 12.1. The molecule has 1 rings (SSSR count). The Bertz CT molecular complexity index is 573. The lowest BCUT2D eigenvalue weighted by Gasteiger charge is -2.17. The van der Waals surface area contributed by atoms with Crippen LogP contribution >= 0.6 is 0 Å². The van der Waals surface area contributed by atoms with Gasteiger partial charge in [-0.2, -0.15) is 0 Å². The van der Waals surface area contributed by atoms with E-state index in [-0.39, 0.29) is 31.0 Å². The predicted octanol–water partition coefficient (Wildman–Crippen LogP) is 3.58. The number of carboxylic acid groups (broad SMARTS) is 1. The molecule has 4 atom stereocenters. The van der Waals surface area contributed by atoms with Crippen LogP contribution in [-0.2, 0) is 9.59 Å². The summed E-state index contributed by atoms with van der Waals surface area (Å²) in [6.07, 6.45) is 17.5. The molecule has 3 N–H and O–H groups in total. The Hall–Kier alpha value is -1.98. The molecule has 0 heterocycles. The summed E-state index contributed by atoms with van der Waals surface area (Å²) >= 11 is 0. The van der Waals surface area contributed by atoms with E-state index in [9.17, 15) is 19.8 Å². The van der Waals surface area contributed by atoms with Crippen molar-refractivity contribution in [2.45, 2.75) is 64.1 Å². The summed E-state index contributed by atoms with van der Waals surface area (Å²) in [5.74, 6) is -1.63. The number of carbonyl (C=O) groups excluding carboxylic acids is 1. The van der Waals surface area contributed by atoms with Crippen LogP contribution in [0.2, 0.25) is 0 Å². The maximum Gasteiger partial charge on any atom is 0.303 e. The van der Waals surface area contributed by atoms with Crippen LogP contribution in [0.4, 0.5) is 0 Å². The fourth-order valence-electron chi connectivity index (χ4n) is 3.10. The molecule has 0 radical (unpaired) electrons. The van der Waals surface area contributed by atoms with Gasteiger partial charge < -0.3 is 15.3 Å². The minimum absolute atomic E-state index is 0.0369. The highest BCUT2D eigenvalue weighted by Crippen LogP contribution is 2.33. The van der Waals surface area contributed by atoms with Gasteiger partial charge in [-0.1, -0.05) is 55.5 Å². The van der Waals surface area contributed by atoms with Gasteiger partial charge in [0.15, 0.2) is 0 Å². The summed E-state index contributed by atoms with van der Waals surface area (Å²) in [7, 11) is 0. The number of aliphatic hydroxyl groups excluding tert-OH is 2. The normalized spacial score (nSPS) is 24.9. The number of ketones is 1. The first-order valence-corrected chi connectivity index (χ1v) is 9.69. The largest absolute Gasteiger partial charge is 0.481 e. The molecular formula is C22H32O5. The van der Waals surface area contributed by atoms with E-state index in [1.807, 2.05) is 12.2 Å². The van der Waals surface area contributed by atoms with E-state index in [0.29, 0.717) is 6.42 Å². The van der Waals surface area contributed by atoms with Crippen molar-refractivity contribution in [3.8, 4) is 0 Å². The topological polar surface area (TPSA) is 94.8 Å². The quantitative estimate of drug-likeness (QED) is 0.453. The molecule has 0 saturated heterocycles. The van der Waals surface area contributed by atoms with Crippen LogP contribution in [0.5, 0.6) is 0 Å². The average Bonchev–Trinajstić information content (AvgIpc) is 2.89. The van der Waals surface area contributed by atoms with Crippen molar-refractivity contribution in [3.05, 3.63) is 48.6 Å². The summed E-state index contributed by atoms with van der Waals surface area (Å²) in [5, 5.41) is 28.6. The number of rotatable bonds is 12. The minimum atomic E-state index is -0.965. The molecular weight excluding hydrogens is 344 g/mol. The van der Waals surface area contributed by atoms with Crippen LogP contribution < -0.4 is 0 Å². The van der Waals surface area contributed by atoms with E-state index in [1.54, 1.807) is 6.08 Å². The Morgan fingerprint density at radius 2 is 1.78 bits per heavy atom. The molecule has 0 amide bonds. The van der Waals surface area contributed by atoms with Gasteiger partial charge in [0.1, 0.15) is 5.78 Å². The molecule has 0 aromatic carbocycles. The number of allylic oxidation sites excluding steroid dienone is 7. The van der Waals surface area contributed by atoms with Gasteiger partial charge >= 0.3 is 5.97 Å². The second-order valence-electron chi connectivity index (χ2n) is 6.84. The summed E-state index contributed by atoms with van der Waals surface area (Å²) < 4.78 is 0. The summed E-state index contributed by atoms with van der Waals surface area (Å²) in [6.45, 7) is 2.10. The molecule has 1 fully saturated rings. The highest BCUT2D eigenvalue weighted by Gasteiger charge is 2.39. The molecule has 5 nitrogen and oxygen atoms in total. The van der Waals surface area contributed by atoms with Crippen molar-refractivity contribution in [2.24, 2.45) is 11.8 Å². The molecule has 150 valence electrons. The van der Waals surface area contributed by atoms with Crippen LogP contribution in [0, 0.1) is 11.8 Å². The molecule has 1 aliphatic carbocycles. The molecule has 1 aliphatic rings. The number of aliphatic hydroxyl groups is 2. The first kappa shape index (κ1) is 23.1. The Labute approximate surface area is 161 Å². The van der Waals surface area contributed by atoms with Crippen molar-refractivity contribution in [2.75, 3.05) is 0 Å². The Balaban J connectivity index is 2.48. The Morgan fingerprint density at radius 3 is 2.41 bits per heavy atom. The number of carboxylic acids is 1. The van der Waals surface area contributed by atoms with Crippen molar-refractivity contribution in [3.63, 3.8) is 0 Å². The molecule has 0 unspecified atom stereocenters. The van der Waals surface area contributed by atoms with E-state index in [4.69, 9.17) is 5.11 Å². The first-order chi connectivity index (χ1) is 13.0. The van der Waals surface area contributed by atoms with Crippen LogP contribution in [0.3, 0.4) is 0 Å². The number of aliphatic carboxylic acids is 1. The van der Waals surface area contributed by atoms with Gasteiger partial charge in [0.05, 0.1) is 12.2 Å². The first-order valence-electron chi connectivity index (χ1n) is 9.69. The van der Waals surface area contributed by atoms with Crippen LogP contribution in [-0.4, -0.2) is 39.3 Å². The number of hydrogen-bond donors (Lipinski definition) is 3. The summed E-state index contributed by atoms with van der Waals surface area (Å²) in [4.78, 5) is 22.6. The monoisotopic (exact) mass is 376 g/mol. The molecule has 5 heteroatoms. The number of carbonyl (C=O) groups is 2. The van der Waals surface area contributed by atoms with Gasteiger partial charge in [-0.05, 0) is 32.1 Å². The van der Waals surface area contributed by atoms with Crippen LogP contribution in [0.25, 0.3) is 0 Å². The van der Waals surface area contributed by atoms with Gasteiger partial charge in [-0.3, -0.25) is 9.59 Å². The van der Waals surface area contributed by atoms with Crippen molar-refractivity contribution >= 4 is 11.8 Å². The van der Waals surface area contributed by atoms with Crippen LogP contribution in [0.1, 0.15) is 51.9 Å². The molecule has 0 aromatic heterocycles. The third kappa shape index (κ3) is 9.50. The second-order valence-corrected chi connectivity index (χ2v) is 6.84. The zero-order chi connectivity index (χ0) is 20.1. The standard InChI is InChI=1S/C22H32O5/c1-2-3-4-5-6-7-8-9-10-11-18-19(21(25)16-20(18)24)14-12-17(23)13-15-22(26)27/h3-4,6-7,9-10,12,14,17-20,23-24H,2,5,8,11,13,15-16H2,1H3,(H,26,27)/b4-3-,7-6-,10-9-,14-12+/t17-,18+,19-,20-/m0/s1. The lowest BCUT2D eigenvalue weighted by molar-refractivity contribution is -0.137. The molecule has 0 spiro atoms. The fraction of sp³-hybridized carbons (Fsp3) is 0.545. The molecule has 27 heavy (non-hydrogen) atoms. The highest BCUT2D eigenvalue weighted by atomic mass is 16.4. The van der Waals surface area contributed by atoms with Gasteiger partial charge in [-0.15, -0.1) is 0 Å². The molecule has 0 aromatic rings. The average molecular weight is 376 g/mol. The zero-order valence-corrected chi connectivity index (χ0v) is 16.0. The Kier molecular flexibility index (Phi) is 11.3. The molecule has 0 bridgehead atoms. The van der Waals surface area contributed by atoms with Gasteiger partial charge in [0, 0.05) is 24.7 Å². The van der Waals surface area contributed by atoms with Gasteiger partial charge in [0.2, 0.25) is 0 Å². The van der Waals surface area contributed by atoms with Gasteiger partial charge in [0.25, 0.3) is 0 Å². The minimum Gasteiger partial charge on any atom is -0.481 e. The molecule has 0 aliphatic heterocycles. The van der Waals surface area contributed by atoms with Crippen molar-refractivity contribution in [1.82, 2.24) is 0 Å². The number of Topliss-reactive ketones (excluding diaryl/α,β-unsaturated/α-hetero) is 1. The Morgan fingerprint density at radius 1 is 1.15 bits per heavy atom. The summed E-state index contributed by atoms with van der Waals surface area (Å²) in [6, 6.07) is 0. The SMILES string of the molecule is CC/C=C\C/C=C\C/C=C\C[C@@H]1[C@H](/C=C/[C@H](O)CCC(=O)O)C(=O)C[C@@H]1O. The lowest BCUT2D eigenvalue weighted by atomic mass is 9.90. The highest BCUT2D eigenvalue weighted by molar-refractivity contribution is 5.86. The van der Waals surface area contributed by atoms with E-state index in [0.717, 1.165) is 19.3 Å². The van der Waals surface area contributed by atoms with E-state index in [1.165, 1.54) is 6.08 Å². The maximum absolute atomic E-state index is 12.1. The van der Waals surface area contributed by atoms with Gasteiger partial charge in [-0.25, -0.2) is 0 Å². The van der Waals surface area contributed by atoms with E-state index < -0.39 is 24.1 Å². The molecule has 1 saturated carbocycles. The number of hydrogen-bond acceptors (Lipinski definition) is 4. The smallest absolute Gasteiger partial charge is 0.303 e. The fourth-order valence-corrected chi connectivity index (χ4v) is 3.10. The van der Waals surface area contributed by atoms with E-state index in [2.05, 4.69) is 31.2 Å². The zero-order valence-electron chi connectivity index (χ0n) is 16.0. The predicted molar refractivity (Wildman–Crippen MR) is 106 cm³/mol. The third-order valence-corrected chi connectivity index (χ3v) is 4.62. The van der Waals surface area contributed by atoms with Crippen molar-refractivity contribution in [1.29, 1.82) is 0 Å². The summed E-state index contributed by atoms with van der Waals surface area (Å²) in [5.41, 5.74) is 0. The van der Waals surface area contributed by atoms with E-state index >= 15 is 0 Å².